The van der Waals surface area contributed by atoms with Gasteiger partial charge in [-0.3, -0.25) is 0 Å². The lowest BCUT2D eigenvalue weighted by molar-refractivity contribution is 0.242. The molecule has 1 heterocycles. The molecule has 4 rings (SSSR count). The molecule has 2 aliphatic carbocycles. The summed E-state index contributed by atoms with van der Waals surface area (Å²) >= 11 is 0. The SMILES string of the molecule is Cc1cc2cc(NC(=O)N[C@@H]3C[C@H]4CC[C@@H]3C4)ccc2o1. The van der Waals surface area contributed by atoms with Gasteiger partial charge in [0.15, 0.2) is 0 Å². The number of anilines is 1. The first-order chi connectivity index (χ1) is 10.2. The maximum Gasteiger partial charge on any atom is 0.319 e. The summed E-state index contributed by atoms with van der Waals surface area (Å²) in [5, 5.41) is 7.10. The average molecular weight is 284 g/mol. The van der Waals surface area contributed by atoms with E-state index in [1.165, 1.54) is 19.3 Å². The van der Waals surface area contributed by atoms with Crippen molar-refractivity contribution in [3.8, 4) is 0 Å². The molecule has 2 saturated carbocycles. The predicted molar refractivity (Wildman–Crippen MR) is 82.3 cm³/mol. The summed E-state index contributed by atoms with van der Waals surface area (Å²) in [6.45, 7) is 1.93. The molecule has 2 fully saturated rings. The Morgan fingerprint density at radius 3 is 2.90 bits per heavy atom. The second kappa shape index (κ2) is 4.79. The van der Waals surface area contributed by atoms with Crippen molar-refractivity contribution in [2.24, 2.45) is 11.8 Å². The number of carbonyl (C=O) groups excluding carboxylic acids is 1. The van der Waals surface area contributed by atoms with Crippen LogP contribution >= 0.6 is 0 Å². The predicted octanol–water partition coefficient (Wildman–Crippen LogP) is 4.05. The first-order valence-corrected chi connectivity index (χ1v) is 7.75. The zero-order chi connectivity index (χ0) is 14.4. The number of hydrogen-bond donors (Lipinski definition) is 2. The van der Waals surface area contributed by atoms with E-state index in [9.17, 15) is 4.79 Å². The number of benzene rings is 1. The summed E-state index contributed by atoms with van der Waals surface area (Å²) in [6.07, 6.45) is 5.07. The zero-order valence-corrected chi connectivity index (χ0v) is 12.2. The van der Waals surface area contributed by atoms with Crippen molar-refractivity contribution in [3.63, 3.8) is 0 Å². The highest BCUT2D eigenvalue weighted by atomic mass is 16.3. The number of amides is 2. The van der Waals surface area contributed by atoms with Gasteiger partial charge >= 0.3 is 6.03 Å². The van der Waals surface area contributed by atoms with Crippen LogP contribution in [0, 0.1) is 18.8 Å². The van der Waals surface area contributed by atoms with Gasteiger partial charge in [-0.25, -0.2) is 4.79 Å². The molecule has 4 nitrogen and oxygen atoms in total. The van der Waals surface area contributed by atoms with E-state index >= 15 is 0 Å². The number of hydrogen-bond acceptors (Lipinski definition) is 2. The van der Waals surface area contributed by atoms with Crippen LogP contribution in [0.1, 0.15) is 31.4 Å². The van der Waals surface area contributed by atoms with Gasteiger partial charge in [0.1, 0.15) is 11.3 Å². The third-order valence-corrected chi connectivity index (χ3v) is 4.95. The summed E-state index contributed by atoms with van der Waals surface area (Å²) in [5.41, 5.74) is 1.66. The average Bonchev–Trinajstić information content (AvgIpc) is 3.11. The Morgan fingerprint density at radius 1 is 1.24 bits per heavy atom. The van der Waals surface area contributed by atoms with E-state index in [-0.39, 0.29) is 6.03 Å². The lowest BCUT2D eigenvalue weighted by atomic mass is 9.95. The number of urea groups is 1. The van der Waals surface area contributed by atoms with Gasteiger partial charge in [-0.05, 0) is 62.3 Å². The lowest BCUT2D eigenvalue weighted by Crippen LogP contribution is -2.40. The Bertz CT molecular complexity index is 691. The number of carbonyl (C=O) groups is 1. The van der Waals surface area contributed by atoms with Gasteiger partial charge < -0.3 is 15.1 Å². The fourth-order valence-electron chi connectivity index (χ4n) is 4.01. The molecule has 2 N–H and O–H groups in total. The quantitative estimate of drug-likeness (QED) is 0.874. The highest BCUT2D eigenvalue weighted by molar-refractivity contribution is 5.92. The molecule has 0 aliphatic heterocycles. The van der Waals surface area contributed by atoms with Crippen LogP contribution in [0.2, 0.25) is 0 Å². The Labute approximate surface area is 123 Å². The third kappa shape index (κ3) is 2.39. The molecule has 0 saturated heterocycles. The number of nitrogens with one attached hydrogen (secondary N) is 2. The molecule has 2 aliphatic rings. The van der Waals surface area contributed by atoms with Crippen LogP contribution in [-0.4, -0.2) is 12.1 Å². The fraction of sp³-hybridized carbons (Fsp3) is 0.471. The first-order valence-electron chi connectivity index (χ1n) is 7.75. The van der Waals surface area contributed by atoms with Crippen LogP contribution in [0.25, 0.3) is 11.0 Å². The van der Waals surface area contributed by atoms with Crippen LogP contribution in [0.3, 0.4) is 0 Å². The molecule has 4 heteroatoms. The first kappa shape index (κ1) is 12.7. The molecule has 110 valence electrons. The minimum atomic E-state index is -0.0906. The standard InChI is InChI=1S/C17H20N2O2/c1-10-6-13-9-14(4-5-16(13)21-10)18-17(20)19-15-8-11-2-3-12(15)7-11/h4-6,9,11-12,15H,2-3,7-8H2,1H3,(H2,18,19,20)/t11-,12+,15+/m0/s1. The van der Waals surface area contributed by atoms with Crippen molar-refractivity contribution in [2.45, 2.75) is 38.6 Å². The van der Waals surface area contributed by atoms with Gasteiger partial charge in [0.25, 0.3) is 0 Å². The van der Waals surface area contributed by atoms with Crippen LogP contribution in [0.15, 0.2) is 28.7 Å². The van der Waals surface area contributed by atoms with Crippen molar-refractivity contribution in [1.82, 2.24) is 5.32 Å². The number of fused-ring (bicyclic) bond motifs is 3. The molecule has 2 bridgehead atoms. The molecular formula is C17H20N2O2. The maximum atomic E-state index is 12.1. The molecule has 0 spiro atoms. The largest absolute Gasteiger partial charge is 0.461 e. The maximum absolute atomic E-state index is 12.1. The highest BCUT2D eigenvalue weighted by Crippen LogP contribution is 2.44. The van der Waals surface area contributed by atoms with E-state index in [1.54, 1.807) is 0 Å². The normalized spacial score (nSPS) is 27.2. The highest BCUT2D eigenvalue weighted by Gasteiger charge is 2.40. The number of aryl methyl sites for hydroxylation is 1. The molecule has 21 heavy (non-hydrogen) atoms. The van der Waals surface area contributed by atoms with E-state index in [0.29, 0.717) is 12.0 Å². The fourth-order valence-corrected chi connectivity index (χ4v) is 4.01. The monoisotopic (exact) mass is 284 g/mol. The second-order valence-corrected chi connectivity index (χ2v) is 6.49. The lowest BCUT2D eigenvalue weighted by Gasteiger charge is -2.23. The van der Waals surface area contributed by atoms with Crippen LogP contribution in [0.5, 0.6) is 0 Å². The molecular weight excluding hydrogens is 264 g/mol. The van der Waals surface area contributed by atoms with Gasteiger partial charge in [0, 0.05) is 17.1 Å². The summed E-state index contributed by atoms with van der Waals surface area (Å²) in [4.78, 5) is 12.1. The Balaban J connectivity index is 1.43. The molecule has 2 amide bonds. The minimum absolute atomic E-state index is 0.0906. The molecule has 0 radical (unpaired) electrons. The summed E-state index contributed by atoms with van der Waals surface area (Å²) in [7, 11) is 0. The van der Waals surface area contributed by atoms with E-state index in [2.05, 4.69) is 10.6 Å². The zero-order valence-electron chi connectivity index (χ0n) is 12.2. The van der Waals surface area contributed by atoms with Crippen LogP contribution in [0.4, 0.5) is 10.5 Å². The number of rotatable bonds is 2. The summed E-state index contributed by atoms with van der Waals surface area (Å²) in [6, 6.07) is 7.98. The van der Waals surface area contributed by atoms with Gasteiger partial charge in [0.2, 0.25) is 0 Å². The van der Waals surface area contributed by atoms with Crippen molar-refractivity contribution >= 4 is 22.7 Å². The van der Waals surface area contributed by atoms with Crippen LogP contribution < -0.4 is 10.6 Å². The van der Waals surface area contributed by atoms with Gasteiger partial charge in [-0.15, -0.1) is 0 Å². The topological polar surface area (TPSA) is 54.3 Å². The van der Waals surface area contributed by atoms with E-state index in [1.807, 2.05) is 31.2 Å². The van der Waals surface area contributed by atoms with Crippen molar-refractivity contribution < 1.29 is 9.21 Å². The van der Waals surface area contributed by atoms with Gasteiger partial charge in [0.05, 0.1) is 0 Å². The van der Waals surface area contributed by atoms with Crippen molar-refractivity contribution in [1.29, 1.82) is 0 Å². The summed E-state index contributed by atoms with van der Waals surface area (Å²) < 4.78 is 5.54. The van der Waals surface area contributed by atoms with E-state index < -0.39 is 0 Å². The Morgan fingerprint density at radius 2 is 2.14 bits per heavy atom. The second-order valence-electron chi connectivity index (χ2n) is 6.49. The minimum Gasteiger partial charge on any atom is -0.461 e. The van der Waals surface area contributed by atoms with Gasteiger partial charge in [-0.2, -0.15) is 0 Å². The molecule has 3 atom stereocenters. The van der Waals surface area contributed by atoms with Crippen molar-refractivity contribution in [2.75, 3.05) is 5.32 Å². The molecule has 0 unspecified atom stereocenters. The molecule has 1 aromatic heterocycles. The van der Waals surface area contributed by atoms with Gasteiger partial charge in [-0.1, -0.05) is 6.42 Å². The Hall–Kier alpha value is -1.97. The smallest absolute Gasteiger partial charge is 0.319 e. The van der Waals surface area contributed by atoms with Crippen LogP contribution in [-0.2, 0) is 0 Å². The molecule has 2 aromatic rings. The van der Waals surface area contributed by atoms with E-state index in [4.69, 9.17) is 4.42 Å². The summed E-state index contributed by atoms with van der Waals surface area (Å²) in [5.74, 6) is 2.42. The number of furan rings is 1. The van der Waals surface area contributed by atoms with Crippen molar-refractivity contribution in [3.05, 3.63) is 30.0 Å². The van der Waals surface area contributed by atoms with E-state index in [0.717, 1.165) is 34.8 Å². The third-order valence-electron chi connectivity index (χ3n) is 4.95. The Kier molecular flexibility index (Phi) is 2.91. The molecule has 1 aromatic carbocycles.